The molecule has 1 heterocycles. The Balaban J connectivity index is 1.71. The smallest absolute Gasteiger partial charge is 0.410 e. The molecule has 4 nitrogen and oxygen atoms in total. The van der Waals surface area contributed by atoms with Crippen LogP contribution in [-0.4, -0.2) is 41.8 Å². The SMILES string of the molecule is C[C@@H](NC1CCN(C(=O)OC(C)(C)C)CC1)C1CCCCC1. The van der Waals surface area contributed by atoms with Crippen molar-refractivity contribution in [3.8, 4) is 0 Å². The Kier molecular flexibility index (Phi) is 6.13. The average molecular weight is 310 g/mol. The van der Waals surface area contributed by atoms with Gasteiger partial charge in [0.25, 0.3) is 0 Å². The molecule has 1 saturated heterocycles. The summed E-state index contributed by atoms with van der Waals surface area (Å²) in [6.45, 7) is 9.73. The number of piperidine rings is 1. The molecular weight excluding hydrogens is 276 g/mol. The number of hydrogen-bond donors (Lipinski definition) is 1. The topological polar surface area (TPSA) is 41.6 Å². The molecule has 2 fully saturated rings. The Morgan fingerprint density at radius 1 is 1.09 bits per heavy atom. The van der Waals surface area contributed by atoms with E-state index in [1.165, 1.54) is 32.1 Å². The fourth-order valence-electron chi connectivity index (χ4n) is 3.70. The number of rotatable bonds is 3. The second-order valence-corrected chi connectivity index (χ2v) is 8.10. The summed E-state index contributed by atoms with van der Waals surface area (Å²) in [5, 5.41) is 3.82. The van der Waals surface area contributed by atoms with E-state index in [0.29, 0.717) is 12.1 Å². The van der Waals surface area contributed by atoms with Crippen molar-refractivity contribution < 1.29 is 9.53 Å². The van der Waals surface area contributed by atoms with Crippen molar-refractivity contribution in [1.29, 1.82) is 0 Å². The summed E-state index contributed by atoms with van der Waals surface area (Å²) >= 11 is 0. The molecule has 4 heteroatoms. The van der Waals surface area contributed by atoms with Crippen molar-refractivity contribution in [2.75, 3.05) is 13.1 Å². The molecule has 0 aromatic rings. The van der Waals surface area contributed by atoms with Gasteiger partial charge in [-0.25, -0.2) is 4.79 Å². The highest BCUT2D eigenvalue weighted by atomic mass is 16.6. The minimum absolute atomic E-state index is 0.161. The van der Waals surface area contributed by atoms with Gasteiger partial charge in [-0.3, -0.25) is 0 Å². The van der Waals surface area contributed by atoms with E-state index >= 15 is 0 Å². The molecular formula is C18H34N2O2. The molecule has 1 aliphatic carbocycles. The van der Waals surface area contributed by atoms with E-state index in [1.807, 2.05) is 25.7 Å². The molecule has 1 atom stereocenters. The second kappa shape index (κ2) is 7.67. The van der Waals surface area contributed by atoms with E-state index in [2.05, 4.69) is 12.2 Å². The lowest BCUT2D eigenvalue weighted by Crippen LogP contribution is -2.49. The van der Waals surface area contributed by atoms with Gasteiger partial charge in [-0.05, 0) is 59.3 Å². The van der Waals surface area contributed by atoms with Crippen LogP contribution in [0.2, 0.25) is 0 Å². The maximum absolute atomic E-state index is 12.1. The van der Waals surface area contributed by atoms with Crippen molar-refractivity contribution in [3.63, 3.8) is 0 Å². The van der Waals surface area contributed by atoms with Gasteiger partial charge in [0.2, 0.25) is 0 Å². The minimum Gasteiger partial charge on any atom is -0.444 e. The van der Waals surface area contributed by atoms with E-state index in [4.69, 9.17) is 4.74 Å². The van der Waals surface area contributed by atoms with Crippen molar-refractivity contribution in [2.45, 2.75) is 90.3 Å². The van der Waals surface area contributed by atoms with Crippen LogP contribution in [0.1, 0.15) is 72.6 Å². The molecule has 1 N–H and O–H groups in total. The second-order valence-electron chi connectivity index (χ2n) is 8.10. The van der Waals surface area contributed by atoms with Crippen molar-refractivity contribution in [3.05, 3.63) is 0 Å². The van der Waals surface area contributed by atoms with Gasteiger partial charge in [-0.1, -0.05) is 19.3 Å². The lowest BCUT2D eigenvalue weighted by molar-refractivity contribution is 0.0193. The molecule has 0 aromatic carbocycles. The molecule has 0 spiro atoms. The summed E-state index contributed by atoms with van der Waals surface area (Å²) in [6.07, 6.45) is 8.88. The van der Waals surface area contributed by atoms with E-state index in [1.54, 1.807) is 0 Å². The van der Waals surface area contributed by atoms with Gasteiger partial charge < -0.3 is 15.0 Å². The zero-order valence-corrected chi connectivity index (χ0v) is 14.9. The lowest BCUT2D eigenvalue weighted by Gasteiger charge is -2.37. The summed E-state index contributed by atoms with van der Waals surface area (Å²) in [5.74, 6) is 0.845. The quantitative estimate of drug-likeness (QED) is 0.858. The molecule has 1 aliphatic heterocycles. The first-order valence-electron chi connectivity index (χ1n) is 9.09. The van der Waals surface area contributed by atoms with Crippen LogP contribution >= 0.6 is 0 Å². The van der Waals surface area contributed by atoms with Crippen molar-refractivity contribution in [2.24, 2.45) is 5.92 Å². The Morgan fingerprint density at radius 2 is 1.68 bits per heavy atom. The predicted molar refractivity (Wildman–Crippen MR) is 90.0 cm³/mol. The van der Waals surface area contributed by atoms with Crippen molar-refractivity contribution in [1.82, 2.24) is 10.2 Å². The number of carbonyl (C=O) groups excluding carboxylic acids is 1. The summed E-state index contributed by atoms with van der Waals surface area (Å²) < 4.78 is 5.46. The van der Waals surface area contributed by atoms with E-state index in [9.17, 15) is 4.79 Å². The van der Waals surface area contributed by atoms with Gasteiger partial charge in [0.1, 0.15) is 5.60 Å². The molecule has 0 bridgehead atoms. The predicted octanol–water partition coefficient (Wildman–Crippen LogP) is 3.94. The first kappa shape index (κ1) is 17.6. The van der Waals surface area contributed by atoms with Gasteiger partial charge >= 0.3 is 6.09 Å². The fraction of sp³-hybridized carbons (Fsp3) is 0.944. The number of nitrogens with zero attached hydrogens (tertiary/aromatic N) is 1. The largest absolute Gasteiger partial charge is 0.444 e. The molecule has 1 saturated carbocycles. The number of nitrogens with one attached hydrogen (secondary N) is 1. The van der Waals surface area contributed by atoms with E-state index < -0.39 is 5.60 Å². The van der Waals surface area contributed by atoms with Crippen molar-refractivity contribution >= 4 is 6.09 Å². The van der Waals surface area contributed by atoms with Gasteiger partial charge in [0.05, 0.1) is 0 Å². The van der Waals surface area contributed by atoms with E-state index in [-0.39, 0.29) is 6.09 Å². The van der Waals surface area contributed by atoms with Crippen LogP contribution in [0.4, 0.5) is 4.79 Å². The van der Waals surface area contributed by atoms with Crippen LogP contribution in [0, 0.1) is 5.92 Å². The third-order valence-electron chi connectivity index (χ3n) is 5.00. The average Bonchev–Trinajstić information content (AvgIpc) is 2.47. The van der Waals surface area contributed by atoms with Crippen LogP contribution in [0.25, 0.3) is 0 Å². The zero-order chi connectivity index (χ0) is 16.2. The zero-order valence-electron chi connectivity index (χ0n) is 14.9. The first-order chi connectivity index (χ1) is 10.3. The number of ether oxygens (including phenoxy) is 1. The highest BCUT2D eigenvalue weighted by Gasteiger charge is 2.28. The van der Waals surface area contributed by atoms with Gasteiger partial charge in [0.15, 0.2) is 0 Å². The number of likely N-dealkylation sites (tertiary alicyclic amines) is 1. The minimum atomic E-state index is -0.401. The molecule has 0 unspecified atom stereocenters. The molecule has 2 rings (SSSR count). The summed E-state index contributed by atoms with van der Waals surface area (Å²) in [7, 11) is 0. The van der Waals surface area contributed by atoms with Gasteiger partial charge in [-0.15, -0.1) is 0 Å². The molecule has 0 radical (unpaired) electrons. The van der Waals surface area contributed by atoms with Crippen LogP contribution < -0.4 is 5.32 Å². The fourth-order valence-corrected chi connectivity index (χ4v) is 3.70. The summed E-state index contributed by atoms with van der Waals surface area (Å²) in [6, 6.07) is 1.16. The Morgan fingerprint density at radius 3 is 2.23 bits per heavy atom. The van der Waals surface area contributed by atoms with Crippen LogP contribution in [-0.2, 0) is 4.74 Å². The summed E-state index contributed by atoms with van der Waals surface area (Å²) in [5.41, 5.74) is -0.401. The highest BCUT2D eigenvalue weighted by Crippen LogP contribution is 2.27. The number of hydrogen-bond acceptors (Lipinski definition) is 3. The van der Waals surface area contributed by atoms with Crippen LogP contribution in [0.3, 0.4) is 0 Å². The Hall–Kier alpha value is -0.770. The highest BCUT2D eigenvalue weighted by molar-refractivity contribution is 5.68. The van der Waals surface area contributed by atoms with Crippen LogP contribution in [0.15, 0.2) is 0 Å². The monoisotopic (exact) mass is 310 g/mol. The van der Waals surface area contributed by atoms with Gasteiger partial charge in [-0.2, -0.15) is 0 Å². The number of carbonyl (C=O) groups is 1. The molecule has 0 aromatic heterocycles. The Bertz CT molecular complexity index is 351. The number of amides is 1. The Labute approximate surface area is 136 Å². The summed E-state index contributed by atoms with van der Waals surface area (Å²) in [4.78, 5) is 13.9. The normalized spacial score (nSPS) is 23.4. The molecule has 128 valence electrons. The van der Waals surface area contributed by atoms with Crippen LogP contribution in [0.5, 0.6) is 0 Å². The molecule has 2 aliphatic rings. The lowest BCUT2D eigenvalue weighted by atomic mass is 9.84. The third kappa shape index (κ3) is 5.45. The third-order valence-corrected chi connectivity index (χ3v) is 5.00. The maximum atomic E-state index is 12.1. The molecule has 1 amide bonds. The first-order valence-corrected chi connectivity index (χ1v) is 9.09. The molecule has 22 heavy (non-hydrogen) atoms. The maximum Gasteiger partial charge on any atom is 0.410 e. The van der Waals surface area contributed by atoms with Gasteiger partial charge in [0, 0.05) is 25.2 Å². The van der Waals surface area contributed by atoms with E-state index in [0.717, 1.165) is 31.8 Å². The standard InChI is InChI=1S/C18H34N2O2/c1-14(15-8-6-5-7-9-15)19-16-10-12-20(13-11-16)17(21)22-18(2,3)4/h14-16,19H,5-13H2,1-4H3/t14-/m1/s1.